The number of aliphatic hydroxyl groups is 1. The van der Waals surface area contributed by atoms with Gasteiger partial charge in [0.05, 0.1) is 31.5 Å². The van der Waals surface area contributed by atoms with Crippen LogP contribution in [0.1, 0.15) is 42.1 Å². The maximum absolute atomic E-state index is 14.0. The Balaban J connectivity index is 1.38. The molecule has 1 aliphatic rings. The second-order valence-corrected chi connectivity index (χ2v) is 10.2. The first-order chi connectivity index (χ1) is 22.2. The van der Waals surface area contributed by atoms with Crippen LogP contribution in [0.5, 0.6) is 17.2 Å². The molecule has 0 saturated heterocycles. The van der Waals surface area contributed by atoms with Crippen molar-refractivity contribution >= 4 is 18.2 Å². The highest BCUT2D eigenvalue weighted by atomic mass is 19.1. The maximum Gasteiger partial charge on any atom is 0.337 e. The molecule has 0 aromatic heterocycles. The van der Waals surface area contributed by atoms with Crippen LogP contribution in [-0.4, -0.2) is 49.9 Å². The Kier molecular flexibility index (Phi) is 11.7. The number of carbonyl (C=O) groups excluding carboxylic acids is 2. The van der Waals surface area contributed by atoms with Gasteiger partial charge in [0.25, 0.3) is 0 Å². The first-order valence-electron chi connectivity index (χ1n) is 14.6. The van der Waals surface area contributed by atoms with Crippen molar-refractivity contribution in [3.05, 3.63) is 113 Å². The molecule has 0 unspecified atom stereocenters. The summed E-state index contributed by atoms with van der Waals surface area (Å²) in [7, 11) is 1.27. The van der Waals surface area contributed by atoms with Crippen LogP contribution in [-0.2, 0) is 22.6 Å². The molecular formula is C34H37FN4O7. The summed E-state index contributed by atoms with van der Waals surface area (Å²) < 4.78 is 36.3. The quantitative estimate of drug-likeness (QED) is 0.0624. The molecule has 1 heterocycles. The van der Waals surface area contributed by atoms with Gasteiger partial charge in [-0.05, 0) is 73.4 Å². The molecule has 3 aromatic rings. The number of methoxy groups -OCH3 is 1. The van der Waals surface area contributed by atoms with E-state index in [-0.39, 0.29) is 24.6 Å². The van der Waals surface area contributed by atoms with Crippen LogP contribution in [0.4, 0.5) is 9.18 Å². The molecule has 2 amide bonds. The normalized spacial score (nSPS) is 15.1. The van der Waals surface area contributed by atoms with Crippen molar-refractivity contribution in [1.82, 2.24) is 16.1 Å². The van der Waals surface area contributed by atoms with E-state index in [0.29, 0.717) is 47.1 Å². The molecule has 0 aliphatic carbocycles. The number of nitrogens with zero attached hydrogens (tertiary/aromatic N) is 1. The van der Waals surface area contributed by atoms with E-state index in [4.69, 9.17) is 18.9 Å². The standard InChI is InChI=1S/C34H37FN4O7/c1-5-9-23-16-22(12-14-27(23)45-19-25-10-7-8-11-26(25)35)18-36-39-30(40)20-46-28-15-13-24(17-29(28)44-6-2)32-31(33(41)43-4)21(3)37-34(42)38-32/h5,7-8,10-18,30,32,39-40H,1,6,9,19-20H2,2-4H3,(H2,37,38,42)/b36-18-/t30-,32+/m0/s1. The zero-order valence-electron chi connectivity index (χ0n) is 25.8. The Morgan fingerprint density at radius 3 is 2.61 bits per heavy atom. The highest BCUT2D eigenvalue weighted by molar-refractivity contribution is 5.95. The fourth-order valence-corrected chi connectivity index (χ4v) is 4.73. The van der Waals surface area contributed by atoms with Crippen molar-refractivity contribution in [1.29, 1.82) is 0 Å². The lowest BCUT2D eigenvalue weighted by molar-refractivity contribution is -0.136. The smallest absolute Gasteiger partial charge is 0.337 e. The molecule has 0 fully saturated rings. The molecule has 1 aliphatic heterocycles. The lowest BCUT2D eigenvalue weighted by Crippen LogP contribution is -2.45. The predicted octanol–water partition coefficient (Wildman–Crippen LogP) is 4.65. The number of ether oxygens (including phenoxy) is 4. The van der Waals surface area contributed by atoms with Gasteiger partial charge in [0, 0.05) is 11.3 Å². The Labute approximate surface area is 266 Å². The lowest BCUT2D eigenvalue weighted by atomic mass is 9.95. The maximum atomic E-state index is 14.0. The van der Waals surface area contributed by atoms with Gasteiger partial charge in [0.15, 0.2) is 17.7 Å². The molecular weight excluding hydrogens is 595 g/mol. The van der Waals surface area contributed by atoms with E-state index in [2.05, 4.69) is 27.7 Å². The third-order valence-corrected chi connectivity index (χ3v) is 6.90. The average molecular weight is 633 g/mol. The minimum absolute atomic E-state index is 0.0889. The summed E-state index contributed by atoms with van der Waals surface area (Å²) in [5, 5.41) is 19.9. The first-order valence-corrected chi connectivity index (χ1v) is 14.6. The molecule has 46 heavy (non-hydrogen) atoms. The fraction of sp³-hybridized carbons (Fsp3) is 0.265. The van der Waals surface area contributed by atoms with E-state index in [0.717, 1.165) is 11.1 Å². The number of hydrazone groups is 1. The van der Waals surface area contributed by atoms with E-state index in [9.17, 15) is 19.1 Å². The van der Waals surface area contributed by atoms with Gasteiger partial charge in [-0.3, -0.25) is 5.43 Å². The van der Waals surface area contributed by atoms with Crippen LogP contribution in [0.2, 0.25) is 0 Å². The monoisotopic (exact) mass is 632 g/mol. The second kappa shape index (κ2) is 16.1. The Bertz CT molecular complexity index is 1620. The predicted molar refractivity (Wildman–Crippen MR) is 170 cm³/mol. The van der Waals surface area contributed by atoms with Crippen molar-refractivity contribution in [2.45, 2.75) is 39.1 Å². The van der Waals surface area contributed by atoms with Crippen LogP contribution in [0.15, 0.2) is 89.7 Å². The van der Waals surface area contributed by atoms with Gasteiger partial charge >= 0.3 is 12.0 Å². The Hall–Kier alpha value is -5.36. The largest absolute Gasteiger partial charge is 0.490 e. The topological polar surface area (TPSA) is 140 Å². The zero-order valence-corrected chi connectivity index (χ0v) is 25.8. The van der Waals surface area contributed by atoms with Crippen LogP contribution in [0.25, 0.3) is 0 Å². The van der Waals surface area contributed by atoms with Crippen LogP contribution < -0.4 is 30.3 Å². The van der Waals surface area contributed by atoms with Crippen LogP contribution in [0, 0.1) is 5.82 Å². The summed E-state index contributed by atoms with van der Waals surface area (Å²) in [5.41, 5.74) is 5.89. The SMILES string of the molecule is C=CCc1cc(/C=N\N[C@@H](O)COc2ccc([C@H]3NC(=O)NC(C)=C3C(=O)OC)cc2OCC)ccc1OCc1ccccc1F. The van der Waals surface area contributed by atoms with E-state index in [1.807, 2.05) is 6.07 Å². The number of urea groups is 1. The first kappa shape index (κ1) is 33.5. The van der Waals surface area contributed by atoms with E-state index < -0.39 is 24.3 Å². The molecule has 12 heteroatoms. The number of rotatable bonds is 15. The van der Waals surface area contributed by atoms with Crippen molar-refractivity contribution < 1.29 is 38.0 Å². The van der Waals surface area contributed by atoms with Crippen molar-refractivity contribution in [2.75, 3.05) is 20.3 Å². The van der Waals surface area contributed by atoms with Gasteiger partial charge in [-0.1, -0.05) is 30.3 Å². The zero-order chi connectivity index (χ0) is 33.1. The molecule has 11 nitrogen and oxygen atoms in total. The number of benzene rings is 3. The molecule has 4 rings (SSSR count). The summed E-state index contributed by atoms with van der Waals surface area (Å²) in [5.74, 6) is 0.399. The third-order valence-electron chi connectivity index (χ3n) is 6.90. The van der Waals surface area contributed by atoms with Crippen molar-refractivity contribution in [3.63, 3.8) is 0 Å². The Morgan fingerprint density at radius 1 is 1.09 bits per heavy atom. The molecule has 4 N–H and O–H groups in total. The fourth-order valence-electron chi connectivity index (χ4n) is 4.73. The average Bonchev–Trinajstić information content (AvgIpc) is 3.04. The minimum Gasteiger partial charge on any atom is -0.490 e. The van der Waals surface area contributed by atoms with E-state index >= 15 is 0 Å². The molecule has 3 aromatic carbocycles. The lowest BCUT2D eigenvalue weighted by Gasteiger charge is -2.28. The number of halogens is 1. The number of allylic oxidation sites excluding steroid dienone is 2. The Morgan fingerprint density at radius 2 is 1.87 bits per heavy atom. The minimum atomic E-state index is -1.17. The molecule has 0 bridgehead atoms. The summed E-state index contributed by atoms with van der Waals surface area (Å²) in [6, 6.07) is 15.6. The van der Waals surface area contributed by atoms with Gasteiger partial charge in [0.2, 0.25) is 0 Å². The summed E-state index contributed by atoms with van der Waals surface area (Å²) in [6.45, 7) is 7.47. The highest BCUT2D eigenvalue weighted by Crippen LogP contribution is 2.35. The molecule has 242 valence electrons. The van der Waals surface area contributed by atoms with Gasteiger partial charge in [-0.2, -0.15) is 5.10 Å². The molecule has 2 atom stereocenters. The number of hydrogen-bond donors (Lipinski definition) is 4. The number of esters is 1. The molecule has 0 spiro atoms. The number of amides is 2. The summed E-state index contributed by atoms with van der Waals surface area (Å²) in [4.78, 5) is 24.6. The summed E-state index contributed by atoms with van der Waals surface area (Å²) in [6.07, 6.45) is 2.65. The van der Waals surface area contributed by atoms with Gasteiger partial charge in [0.1, 0.15) is 24.8 Å². The van der Waals surface area contributed by atoms with Crippen molar-refractivity contribution in [3.8, 4) is 17.2 Å². The number of carbonyl (C=O) groups is 2. The number of hydrogen-bond acceptors (Lipinski definition) is 9. The van der Waals surface area contributed by atoms with Gasteiger partial charge in [-0.25, -0.2) is 14.0 Å². The van der Waals surface area contributed by atoms with Crippen LogP contribution >= 0.6 is 0 Å². The van der Waals surface area contributed by atoms with E-state index in [1.165, 1.54) is 13.2 Å². The second-order valence-electron chi connectivity index (χ2n) is 10.2. The van der Waals surface area contributed by atoms with Crippen molar-refractivity contribution in [2.24, 2.45) is 5.10 Å². The molecule has 0 saturated carbocycles. The molecule has 0 radical (unpaired) electrons. The third kappa shape index (κ3) is 8.63. The van der Waals surface area contributed by atoms with E-state index in [1.54, 1.807) is 74.7 Å². The summed E-state index contributed by atoms with van der Waals surface area (Å²) >= 11 is 0. The highest BCUT2D eigenvalue weighted by Gasteiger charge is 2.32. The number of nitrogens with one attached hydrogen (secondary N) is 3. The van der Waals surface area contributed by atoms with Gasteiger partial charge < -0.3 is 34.7 Å². The van der Waals surface area contributed by atoms with Gasteiger partial charge in [-0.15, -0.1) is 6.58 Å². The van der Waals surface area contributed by atoms with Crippen LogP contribution in [0.3, 0.4) is 0 Å². The number of aliphatic hydroxyl groups excluding tert-OH is 1.